The molecule has 0 aliphatic rings. The number of carbonyl (C=O) groups is 2. The third-order valence-electron chi connectivity index (χ3n) is 5.70. The second-order valence-corrected chi connectivity index (χ2v) is 10.2. The molecule has 3 rings (SSSR count). The monoisotopic (exact) mass is 548 g/mol. The molecule has 0 heterocycles. The topological polar surface area (TPSA) is 49.4 Å². The lowest BCUT2D eigenvalue weighted by Gasteiger charge is -2.32. The van der Waals surface area contributed by atoms with Crippen LogP contribution in [0.2, 0.25) is 15.1 Å². The van der Waals surface area contributed by atoms with Gasteiger partial charge in [-0.25, -0.2) is 4.39 Å². The van der Waals surface area contributed by atoms with Crippen LogP contribution in [-0.4, -0.2) is 29.3 Å². The summed E-state index contributed by atoms with van der Waals surface area (Å²) < 4.78 is 14.6. The number of amides is 2. The minimum absolute atomic E-state index is 0.0352. The molecule has 0 fully saturated rings. The number of benzene rings is 3. The van der Waals surface area contributed by atoms with Crippen molar-refractivity contribution in [3.05, 3.63) is 104 Å². The van der Waals surface area contributed by atoms with Crippen molar-refractivity contribution in [1.82, 2.24) is 10.2 Å². The number of hydrogen-bond donors (Lipinski definition) is 1. The van der Waals surface area contributed by atoms with Crippen molar-refractivity contribution in [1.29, 1.82) is 0 Å². The van der Waals surface area contributed by atoms with Gasteiger partial charge in [-0.2, -0.15) is 0 Å². The molecule has 1 N–H and O–H groups in total. The van der Waals surface area contributed by atoms with Crippen LogP contribution in [0.3, 0.4) is 0 Å². The second kappa shape index (κ2) is 13.1. The van der Waals surface area contributed by atoms with Crippen LogP contribution in [0.1, 0.15) is 30.5 Å². The third kappa shape index (κ3) is 7.70. The predicted octanol–water partition coefficient (Wildman–Crippen LogP) is 6.74. The van der Waals surface area contributed by atoms with E-state index in [9.17, 15) is 14.0 Å². The Bertz CT molecular complexity index is 1180. The van der Waals surface area contributed by atoms with Crippen LogP contribution < -0.4 is 5.32 Å². The van der Waals surface area contributed by atoms with Gasteiger partial charge in [0.2, 0.25) is 11.8 Å². The molecule has 0 bridgehead atoms. The molecule has 8 heteroatoms. The summed E-state index contributed by atoms with van der Waals surface area (Å²) in [4.78, 5) is 28.6. The van der Waals surface area contributed by atoms with E-state index in [2.05, 4.69) is 5.32 Å². The molecule has 190 valence electrons. The molecule has 0 aliphatic heterocycles. The minimum Gasteiger partial charge on any atom is -0.354 e. The summed E-state index contributed by atoms with van der Waals surface area (Å²) in [6.45, 7) is 4.46. The van der Waals surface area contributed by atoms with Crippen molar-refractivity contribution in [3.8, 4) is 0 Å². The fourth-order valence-electron chi connectivity index (χ4n) is 3.76. The van der Waals surface area contributed by atoms with Gasteiger partial charge in [0, 0.05) is 40.1 Å². The van der Waals surface area contributed by atoms with Crippen LogP contribution in [0, 0.1) is 11.7 Å². The number of hydrogen-bond acceptors (Lipinski definition) is 2. The molecule has 0 radical (unpaired) electrons. The average Bonchev–Trinajstić information content (AvgIpc) is 2.84. The smallest absolute Gasteiger partial charge is 0.243 e. The van der Waals surface area contributed by atoms with Gasteiger partial charge in [-0.05, 0) is 41.3 Å². The van der Waals surface area contributed by atoms with E-state index in [4.69, 9.17) is 34.8 Å². The Hall–Kier alpha value is -2.60. The molecule has 0 aromatic heterocycles. The van der Waals surface area contributed by atoms with Gasteiger partial charge in [-0.15, -0.1) is 0 Å². The Morgan fingerprint density at radius 1 is 0.944 bits per heavy atom. The number of halogens is 4. The SMILES string of the molecule is CC(C)CNC(=O)[C@H](Cc1ccccc1)N(Cc1ccc(Cl)cc1Cl)C(=O)Cc1c(F)cccc1Cl. The van der Waals surface area contributed by atoms with Crippen molar-refractivity contribution in [3.63, 3.8) is 0 Å². The molecule has 0 saturated carbocycles. The van der Waals surface area contributed by atoms with Crippen LogP contribution in [-0.2, 0) is 29.0 Å². The molecule has 0 spiro atoms. The van der Waals surface area contributed by atoms with E-state index in [-0.39, 0.29) is 41.8 Å². The molecule has 1 atom stereocenters. The molecule has 36 heavy (non-hydrogen) atoms. The molecule has 3 aromatic carbocycles. The van der Waals surface area contributed by atoms with Crippen LogP contribution in [0.25, 0.3) is 0 Å². The Labute approximate surface area is 226 Å². The quantitative estimate of drug-likeness (QED) is 0.304. The number of carbonyl (C=O) groups excluding carboxylic acids is 2. The summed E-state index contributed by atoms with van der Waals surface area (Å²) in [6.07, 6.45) is -0.0355. The fraction of sp³-hybridized carbons (Fsp3) is 0.286. The van der Waals surface area contributed by atoms with E-state index in [1.165, 1.54) is 23.1 Å². The van der Waals surface area contributed by atoms with E-state index in [0.717, 1.165) is 5.56 Å². The zero-order valence-corrected chi connectivity index (χ0v) is 22.4. The third-order valence-corrected chi connectivity index (χ3v) is 6.64. The summed E-state index contributed by atoms with van der Waals surface area (Å²) in [5, 5.41) is 3.92. The van der Waals surface area contributed by atoms with E-state index >= 15 is 0 Å². The highest BCUT2D eigenvalue weighted by atomic mass is 35.5. The van der Waals surface area contributed by atoms with Gasteiger partial charge in [0.25, 0.3) is 0 Å². The highest BCUT2D eigenvalue weighted by molar-refractivity contribution is 6.35. The summed E-state index contributed by atoms with van der Waals surface area (Å²) in [7, 11) is 0. The standard InChI is InChI=1S/C28H28Cl3FN2O2/c1-18(2)16-33-28(36)26(13-19-7-4-3-5-8-19)34(17-20-11-12-21(29)14-24(20)31)27(35)15-22-23(30)9-6-10-25(22)32/h3-12,14,18,26H,13,15-17H2,1-2H3,(H,33,36)/t26-/m0/s1. The van der Waals surface area contributed by atoms with E-state index in [1.807, 2.05) is 44.2 Å². The van der Waals surface area contributed by atoms with Gasteiger partial charge in [-0.1, -0.05) is 91.1 Å². The molecule has 0 saturated heterocycles. The maximum Gasteiger partial charge on any atom is 0.243 e. The summed E-state index contributed by atoms with van der Waals surface area (Å²) in [6, 6.07) is 17.8. The normalized spacial score (nSPS) is 11.9. The molecular formula is C28H28Cl3FN2O2. The first-order valence-corrected chi connectivity index (χ1v) is 12.8. The second-order valence-electron chi connectivity index (χ2n) is 8.98. The van der Waals surface area contributed by atoms with Gasteiger partial charge in [0.15, 0.2) is 0 Å². The van der Waals surface area contributed by atoms with Crippen LogP contribution >= 0.6 is 34.8 Å². The van der Waals surface area contributed by atoms with Crippen molar-refractivity contribution in [2.45, 2.75) is 39.3 Å². The lowest BCUT2D eigenvalue weighted by Crippen LogP contribution is -2.51. The van der Waals surface area contributed by atoms with Gasteiger partial charge >= 0.3 is 0 Å². The zero-order chi connectivity index (χ0) is 26.2. The highest BCUT2D eigenvalue weighted by Crippen LogP contribution is 2.26. The highest BCUT2D eigenvalue weighted by Gasteiger charge is 2.31. The minimum atomic E-state index is -0.865. The molecule has 0 unspecified atom stereocenters. The van der Waals surface area contributed by atoms with Crippen LogP contribution in [0.5, 0.6) is 0 Å². The lowest BCUT2D eigenvalue weighted by atomic mass is 10.0. The number of nitrogens with zero attached hydrogens (tertiary/aromatic N) is 1. The summed E-state index contributed by atoms with van der Waals surface area (Å²) >= 11 is 18.7. The number of rotatable bonds is 10. The van der Waals surface area contributed by atoms with Gasteiger partial charge < -0.3 is 10.2 Å². The van der Waals surface area contributed by atoms with E-state index < -0.39 is 17.8 Å². The van der Waals surface area contributed by atoms with Crippen molar-refractivity contribution in [2.24, 2.45) is 5.92 Å². The molecule has 0 aliphatic carbocycles. The first kappa shape index (κ1) is 28.0. The Kier molecular flexibility index (Phi) is 10.2. The fourth-order valence-corrected chi connectivity index (χ4v) is 4.46. The van der Waals surface area contributed by atoms with Crippen LogP contribution in [0.4, 0.5) is 4.39 Å². The Morgan fingerprint density at radius 2 is 1.67 bits per heavy atom. The zero-order valence-electron chi connectivity index (χ0n) is 20.1. The van der Waals surface area contributed by atoms with Crippen molar-refractivity contribution < 1.29 is 14.0 Å². The largest absolute Gasteiger partial charge is 0.354 e. The van der Waals surface area contributed by atoms with E-state index in [1.54, 1.807) is 18.2 Å². The summed E-state index contributed by atoms with van der Waals surface area (Å²) in [5.41, 5.74) is 1.58. The predicted molar refractivity (Wildman–Crippen MR) is 144 cm³/mol. The molecular weight excluding hydrogens is 522 g/mol. The molecule has 3 aromatic rings. The van der Waals surface area contributed by atoms with Gasteiger partial charge in [0.1, 0.15) is 11.9 Å². The maximum absolute atomic E-state index is 14.6. The van der Waals surface area contributed by atoms with Gasteiger partial charge in [0.05, 0.1) is 6.42 Å². The molecule has 4 nitrogen and oxygen atoms in total. The molecule has 2 amide bonds. The lowest BCUT2D eigenvalue weighted by molar-refractivity contribution is -0.140. The number of nitrogens with one attached hydrogen (secondary N) is 1. The van der Waals surface area contributed by atoms with Gasteiger partial charge in [-0.3, -0.25) is 9.59 Å². The maximum atomic E-state index is 14.6. The Balaban J connectivity index is 2.02. The first-order valence-electron chi connectivity index (χ1n) is 11.6. The summed E-state index contributed by atoms with van der Waals surface area (Å²) in [5.74, 6) is -1.11. The first-order chi connectivity index (χ1) is 17.2. The van der Waals surface area contributed by atoms with Crippen LogP contribution in [0.15, 0.2) is 66.7 Å². The Morgan fingerprint density at radius 3 is 2.31 bits per heavy atom. The average molecular weight is 550 g/mol. The van der Waals surface area contributed by atoms with E-state index in [0.29, 0.717) is 22.2 Å². The van der Waals surface area contributed by atoms with Crippen molar-refractivity contribution >= 4 is 46.6 Å². The van der Waals surface area contributed by atoms with Crippen molar-refractivity contribution in [2.75, 3.05) is 6.54 Å².